The molecule has 3 aromatic rings. The molecule has 1 aromatic heterocycles. The van der Waals surface area contributed by atoms with Crippen LogP contribution in [0.5, 0.6) is 11.5 Å². The van der Waals surface area contributed by atoms with E-state index in [1.54, 1.807) is 38.5 Å². The molecule has 35 heavy (non-hydrogen) atoms. The molecule has 2 heterocycles. The van der Waals surface area contributed by atoms with Gasteiger partial charge < -0.3 is 25.0 Å². The smallest absolute Gasteiger partial charge is 0.325 e. The second kappa shape index (κ2) is 10.6. The van der Waals surface area contributed by atoms with Crippen molar-refractivity contribution in [3.8, 4) is 11.5 Å². The van der Waals surface area contributed by atoms with Gasteiger partial charge in [-0.1, -0.05) is 23.5 Å². The Hall–Kier alpha value is -3.79. The first-order chi connectivity index (χ1) is 16.9. The van der Waals surface area contributed by atoms with E-state index in [9.17, 15) is 9.59 Å². The Labute approximate surface area is 208 Å². The number of carbonyl (C=O) groups is 2. The first-order valence-corrected chi connectivity index (χ1v) is 12.1. The van der Waals surface area contributed by atoms with E-state index in [2.05, 4.69) is 25.8 Å². The van der Waals surface area contributed by atoms with Gasteiger partial charge >= 0.3 is 6.03 Å². The molecule has 0 bridgehead atoms. The number of nitrogens with one attached hydrogen (secondary N) is 3. The number of amides is 3. The third-order valence-corrected chi connectivity index (χ3v) is 6.49. The fraction of sp³-hybridized carbons (Fsp3) is 0.320. The Balaban J connectivity index is 1.44. The van der Waals surface area contributed by atoms with Crippen molar-refractivity contribution in [2.75, 3.05) is 36.3 Å². The maximum atomic E-state index is 12.7. The molecule has 1 aliphatic heterocycles. The van der Waals surface area contributed by atoms with Crippen LogP contribution in [0.15, 0.2) is 42.5 Å². The summed E-state index contributed by atoms with van der Waals surface area (Å²) in [6.07, 6.45) is 0.757. The van der Waals surface area contributed by atoms with Crippen LogP contribution in [-0.2, 0) is 13.0 Å². The molecular weight excluding hydrogens is 466 g/mol. The highest BCUT2D eigenvalue weighted by atomic mass is 32.1. The van der Waals surface area contributed by atoms with Gasteiger partial charge in [0.25, 0.3) is 5.91 Å². The number of carbonyl (C=O) groups excluding carboxylic acids is 2. The highest BCUT2D eigenvalue weighted by Gasteiger charge is 2.23. The molecule has 0 saturated heterocycles. The summed E-state index contributed by atoms with van der Waals surface area (Å²) in [5, 5.41) is 8.95. The van der Waals surface area contributed by atoms with Gasteiger partial charge in [0.2, 0.25) is 0 Å². The van der Waals surface area contributed by atoms with Gasteiger partial charge in [-0.15, -0.1) is 0 Å². The Morgan fingerprint density at radius 3 is 2.46 bits per heavy atom. The number of hydrogen-bond donors (Lipinski definition) is 3. The zero-order valence-electron chi connectivity index (χ0n) is 20.2. The zero-order chi connectivity index (χ0) is 24.9. The quantitative estimate of drug-likeness (QED) is 0.446. The lowest BCUT2D eigenvalue weighted by atomic mass is 10.1. The van der Waals surface area contributed by atoms with Crippen molar-refractivity contribution in [1.29, 1.82) is 0 Å². The predicted molar refractivity (Wildman–Crippen MR) is 138 cm³/mol. The Morgan fingerprint density at radius 1 is 1.06 bits per heavy atom. The Morgan fingerprint density at radius 2 is 1.77 bits per heavy atom. The maximum Gasteiger partial charge on any atom is 0.325 e. The summed E-state index contributed by atoms with van der Waals surface area (Å²) in [7, 11) is 3.27. The lowest BCUT2D eigenvalue weighted by Gasteiger charge is -2.28. The molecule has 3 amide bonds. The summed E-state index contributed by atoms with van der Waals surface area (Å²) >= 11 is 1.44. The van der Waals surface area contributed by atoms with Crippen LogP contribution in [0.2, 0.25) is 0 Å². The van der Waals surface area contributed by atoms with Crippen LogP contribution >= 0.6 is 11.3 Å². The second-order valence-corrected chi connectivity index (χ2v) is 9.47. The van der Waals surface area contributed by atoms with E-state index < -0.39 is 6.03 Å². The van der Waals surface area contributed by atoms with E-state index in [4.69, 9.17) is 9.47 Å². The largest absolute Gasteiger partial charge is 0.497 e. The molecule has 2 aromatic carbocycles. The minimum absolute atomic E-state index is 0.0105. The van der Waals surface area contributed by atoms with Gasteiger partial charge in [-0.05, 0) is 26.0 Å². The SMILES string of the molecule is COc1cc(OC)cc(N2CCc3nc(NC(=O)Nc4ccccc4C(=O)NC(C)C)sc3C2)c1. The number of nitrogens with zero attached hydrogens (tertiary/aromatic N) is 2. The van der Waals surface area contributed by atoms with E-state index in [1.807, 2.05) is 32.0 Å². The van der Waals surface area contributed by atoms with Crippen molar-refractivity contribution < 1.29 is 19.1 Å². The summed E-state index contributed by atoms with van der Waals surface area (Å²) < 4.78 is 10.8. The van der Waals surface area contributed by atoms with Gasteiger partial charge in [-0.2, -0.15) is 0 Å². The molecule has 0 aliphatic carbocycles. The number of rotatable bonds is 7. The number of para-hydroxylation sites is 1. The van der Waals surface area contributed by atoms with Crippen molar-refractivity contribution in [3.63, 3.8) is 0 Å². The number of urea groups is 1. The van der Waals surface area contributed by atoms with Gasteiger partial charge in [0.15, 0.2) is 5.13 Å². The lowest BCUT2D eigenvalue weighted by Crippen LogP contribution is -2.31. The molecule has 0 fully saturated rings. The van der Waals surface area contributed by atoms with Crippen molar-refractivity contribution >= 4 is 39.8 Å². The number of aromatic nitrogens is 1. The Kier molecular flexibility index (Phi) is 7.40. The summed E-state index contributed by atoms with van der Waals surface area (Å²) in [5.74, 6) is 1.22. The van der Waals surface area contributed by atoms with Crippen molar-refractivity contribution in [2.45, 2.75) is 32.9 Å². The minimum atomic E-state index is -0.449. The van der Waals surface area contributed by atoms with Crippen LogP contribution < -0.4 is 30.3 Å². The molecule has 0 spiro atoms. The standard InChI is InChI=1S/C25H29N5O4S/c1-15(2)26-23(31)19-7-5-6-8-20(19)27-24(32)29-25-28-21-9-10-30(14-22(21)35-25)16-11-17(33-3)13-18(12-16)34-4/h5-8,11-13,15H,9-10,14H2,1-4H3,(H,26,31)(H2,27,28,29,32). The fourth-order valence-electron chi connectivity index (χ4n) is 3.83. The molecule has 10 heteroatoms. The fourth-order valence-corrected chi connectivity index (χ4v) is 4.84. The maximum absolute atomic E-state index is 12.7. The Bertz CT molecular complexity index is 1200. The third kappa shape index (κ3) is 5.83. The average Bonchev–Trinajstić information content (AvgIpc) is 3.24. The predicted octanol–water partition coefficient (Wildman–Crippen LogP) is 4.51. The molecule has 0 radical (unpaired) electrons. The van der Waals surface area contributed by atoms with Crippen LogP contribution in [-0.4, -0.2) is 43.7 Å². The van der Waals surface area contributed by atoms with E-state index in [0.717, 1.165) is 40.7 Å². The average molecular weight is 496 g/mol. The highest BCUT2D eigenvalue weighted by molar-refractivity contribution is 7.15. The van der Waals surface area contributed by atoms with E-state index in [1.165, 1.54) is 11.3 Å². The summed E-state index contributed by atoms with van der Waals surface area (Å²) in [6, 6.07) is 12.3. The number of ether oxygens (including phenoxy) is 2. The molecule has 1 aliphatic rings. The monoisotopic (exact) mass is 495 g/mol. The van der Waals surface area contributed by atoms with Crippen molar-refractivity contribution in [1.82, 2.24) is 10.3 Å². The number of hydrogen-bond acceptors (Lipinski definition) is 7. The van der Waals surface area contributed by atoms with E-state index >= 15 is 0 Å². The molecule has 0 unspecified atom stereocenters. The number of anilines is 3. The molecule has 4 rings (SSSR count). The van der Waals surface area contributed by atoms with Gasteiger partial charge in [-0.3, -0.25) is 10.1 Å². The number of methoxy groups -OCH3 is 2. The van der Waals surface area contributed by atoms with Crippen LogP contribution in [0.1, 0.15) is 34.8 Å². The minimum Gasteiger partial charge on any atom is -0.497 e. The highest BCUT2D eigenvalue weighted by Crippen LogP contribution is 2.34. The topological polar surface area (TPSA) is 105 Å². The van der Waals surface area contributed by atoms with Crippen LogP contribution in [0.3, 0.4) is 0 Å². The molecule has 184 valence electrons. The van der Waals surface area contributed by atoms with Gasteiger partial charge in [0.05, 0.1) is 37.7 Å². The van der Waals surface area contributed by atoms with Gasteiger partial charge in [0, 0.05) is 47.8 Å². The molecule has 0 saturated carbocycles. The second-order valence-electron chi connectivity index (χ2n) is 8.38. The normalized spacial score (nSPS) is 12.7. The number of thiazole rings is 1. The summed E-state index contributed by atoms with van der Waals surface area (Å²) in [6.45, 7) is 5.23. The summed E-state index contributed by atoms with van der Waals surface area (Å²) in [5.41, 5.74) is 2.82. The number of benzene rings is 2. The molecule has 3 N–H and O–H groups in total. The van der Waals surface area contributed by atoms with Crippen molar-refractivity contribution in [2.24, 2.45) is 0 Å². The van der Waals surface area contributed by atoms with E-state index in [0.29, 0.717) is 22.9 Å². The zero-order valence-corrected chi connectivity index (χ0v) is 21.0. The van der Waals surface area contributed by atoms with Crippen LogP contribution in [0.4, 0.5) is 21.3 Å². The van der Waals surface area contributed by atoms with Gasteiger partial charge in [-0.25, -0.2) is 9.78 Å². The molecular formula is C25H29N5O4S. The molecule has 9 nitrogen and oxygen atoms in total. The van der Waals surface area contributed by atoms with Crippen LogP contribution in [0, 0.1) is 0 Å². The number of fused-ring (bicyclic) bond motifs is 1. The first-order valence-electron chi connectivity index (χ1n) is 11.3. The summed E-state index contributed by atoms with van der Waals surface area (Å²) in [4.78, 5) is 33.1. The lowest BCUT2D eigenvalue weighted by molar-refractivity contribution is 0.0944. The third-order valence-electron chi connectivity index (χ3n) is 5.49. The first kappa shape index (κ1) is 24.3. The van der Waals surface area contributed by atoms with E-state index in [-0.39, 0.29) is 11.9 Å². The van der Waals surface area contributed by atoms with Crippen molar-refractivity contribution in [3.05, 3.63) is 58.6 Å². The van der Waals surface area contributed by atoms with Crippen LogP contribution in [0.25, 0.3) is 0 Å². The van der Waals surface area contributed by atoms with Gasteiger partial charge in [0.1, 0.15) is 11.5 Å². The molecule has 0 atom stereocenters.